The fourth-order valence-corrected chi connectivity index (χ4v) is 4.27. The first kappa shape index (κ1) is 14.8. The van der Waals surface area contributed by atoms with Crippen LogP contribution in [0.4, 0.5) is 0 Å². The molecule has 3 aliphatic heterocycles. The number of ether oxygens (including phenoxy) is 3. The van der Waals surface area contributed by atoms with E-state index in [4.69, 9.17) is 14.2 Å². The molecule has 3 aliphatic rings. The van der Waals surface area contributed by atoms with Crippen LogP contribution in [-0.4, -0.2) is 38.5 Å². The molecule has 3 atom stereocenters. The summed E-state index contributed by atoms with van der Waals surface area (Å²) in [6, 6.07) is 5.91. The molecule has 2 fully saturated rings. The Labute approximate surface area is 136 Å². The third kappa shape index (κ3) is 3.02. The van der Waals surface area contributed by atoms with Crippen molar-refractivity contribution in [2.24, 2.45) is 5.92 Å². The highest BCUT2D eigenvalue weighted by atomic mass is 16.7. The second-order valence-corrected chi connectivity index (χ2v) is 6.83. The van der Waals surface area contributed by atoms with Gasteiger partial charge in [0.05, 0.1) is 24.7 Å². The van der Waals surface area contributed by atoms with Gasteiger partial charge < -0.3 is 19.1 Å². The van der Waals surface area contributed by atoms with Crippen molar-refractivity contribution in [3.8, 4) is 11.5 Å². The minimum absolute atomic E-state index is 0.218. The van der Waals surface area contributed by atoms with Crippen molar-refractivity contribution < 1.29 is 23.9 Å². The topological polar surface area (TPSA) is 49.2 Å². The first-order valence-electron chi connectivity index (χ1n) is 8.72. The number of carbonyl (C=O) groups is 1. The van der Waals surface area contributed by atoms with E-state index in [1.54, 1.807) is 23.1 Å². The zero-order valence-electron chi connectivity index (χ0n) is 13.4. The van der Waals surface area contributed by atoms with Crippen LogP contribution in [-0.2, 0) is 4.74 Å². The lowest BCUT2D eigenvalue weighted by Crippen LogP contribution is -3.18. The molecule has 124 valence electrons. The highest BCUT2D eigenvalue weighted by molar-refractivity contribution is 5.90. The van der Waals surface area contributed by atoms with Crippen LogP contribution in [0.25, 0.3) is 0 Å². The Morgan fingerprint density at radius 3 is 2.96 bits per heavy atom. The molecule has 0 amide bonds. The van der Waals surface area contributed by atoms with E-state index < -0.39 is 0 Å². The van der Waals surface area contributed by atoms with Gasteiger partial charge in [0, 0.05) is 5.92 Å². The summed E-state index contributed by atoms with van der Waals surface area (Å²) < 4.78 is 16.2. The van der Waals surface area contributed by atoms with E-state index in [0.717, 1.165) is 0 Å². The van der Waals surface area contributed by atoms with Gasteiger partial charge >= 0.3 is 5.97 Å². The summed E-state index contributed by atoms with van der Waals surface area (Å²) >= 11 is 0. The number of hydrogen-bond acceptors (Lipinski definition) is 4. The van der Waals surface area contributed by atoms with Crippen LogP contribution in [0.5, 0.6) is 11.5 Å². The standard InChI is InChI=1S/C18H23NO4/c20-18(13-6-7-16-17(10-13)23-12-22-16)21-11-14-4-3-9-19-8-2-1-5-15(14)19/h6-7,10,14-15H,1-5,8-9,11-12H2/p+1/t14-,15+/m1/s1. The summed E-state index contributed by atoms with van der Waals surface area (Å²) in [7, 11) is 0. The van der Waals surface area contributed by atoms with Gasteiger partial charge in [0.15, 0.2) is 11.5 Å². The molecule has 0 radical (unpaired) electrons. The number of rotatable bonds is 3. The van der Waals surface area contributed by atoms with E-state index in [1.165, 1.54) is 45.2 Å². The van der Waals surface area contributed by atoms with Gasteiger partial charge in [0.25, 0.3) is 0 Å². The largest absolute Gasteiger partial charge is 0.462 e. The summed E-state index contributed by atoms with van der Waals surface area (Å²) in [5, 5.41) is 0. The maximum atomic E-state index is 12.3. The molecule has 0 spiro atoms. The first-order chi connectivity index (χ1) is 11.3. The number of quaternary nitrogens is 1. The Hall–Kier alpha value is -1.75. The molecule has 3 heterocycles. The third-order valence-electron chi connectivity index (χ3n) is 5.47. The van der Waals surface area contributed by atoms with E-state index in [2.05, 4.69) is 0 Å². The normalized spacial score (nSPS) is 29.0. The smallest absolute Gasteiger partial charge is 0.338 e. The Kier molecular flexibility index (Phi) is 4.12. The van der Waals surface area contributed by atoms with Crippen LogP contribution in [0.2, 0.25) is 0 Å². The molecular formula is C18H24NO4+. The predicted octanol–water partition coefficient (Wildman–Crippen LogP) is 1.42. The number of benzene rings is 1. The Morgan fingerprint density at radius 2 is 2.00 bits per heavy atom. The summed E-state index contributed by atoms with van der Waals surface area (Å²) in [4.78, 5) is 14.1. The Bertz CT molecular complexity index is 586. The SMILES string of the molecule is O=C(OC[C@H]1CCC[NH+]2CCCC[C@@H]12)c1ccc2c(c1)OCO2. The zero-order chi connectivity index (χ0) is 15.6. The number of esters is 1. The Balaban J connectivity index is 1.37. The molecule has 4 rings (SSSR count). The van der Waals surface area contributed by atoms with Crippen molar-refractivity contribution in [3.05, 3.63) is 23.8 Å². The number of piperidine rings is 2. The quantitative estimate of drug-likeness (QED) is 0.857. The highest BCUT2D eigenvalue weighted by Crippen LogP contribution is 2.32. The van der Waals surface area contributed by atoms with Crippen molar-refractivity contribution in [3.63, 3.8) is 0 Å². The lowest BCUT2D eigenvalue weighted by molar-refractivity contribution is -0.940. The summed E-state index contributed by atoms with van der Waals surface area (Å²) in [6.45, 7) is 3.34. The van der Waals surface area contributed by atoms with Crippen LogP contribution in [0.3, 0.4) is 0 Å². The van der Waals surface area contributed by atoms with Crippen LogP contribution < -0.4 is 14.4 Å². The predicted molar refractivity (Wildman–Crippen MR) is 83.9 cm³/mol. The van der Waals surface area contributed by atoms with Crippen molar-refractivity contribution in [2.75, 3.05) is 26.5 Å². The first-order valence-corrected chi connectivity index (χ1v) is 8.72. The molecule has 1 aromatic rings. The van der Waals surface area contributed by atoms with Gasteiger partial charge in [-0.25, -0.2) is 4.79 Å². The van der Waals surface area contributed by atoms with Crippen molar-refractivity contribution in [2.45, 2.75) is 38.1 Å². The van der Waals surface area contributed by atoms with Gasteiger partial charge in [-0.05, 0) is 50.3 Å². The average Bonchev–Trinajstić information content (AvgIpc) is 3.07. The van der Waals surface area contributed by atoms with Crippen molar-refractivity contribution in [1.29, 1.82) is 0 Å². The Morgan fingerprint density at radius 1 is 1.13 bits per heavy atom. The summed E-state index contributed by atoms with van der Waals surface area (Å²) in [6.07, 6.45) is 6.37. The van der Waals surface area contributed by atoms with Gasteiger partial charge in [-0.15, -0.1) is 0 Å². The van der Waals surface area contributed by atoms with E-state index in [9.17, 15) is 4.79 Å². The van der Waals surface area contributed by atoms with Crippen molar-refractivity contribution in [1.82, 2.24) is 0 Å². The number of carbonyl (C=O) groups excluding carboxylic acids is 1. The highest BCUT2D eigenvalue weighted by Gasteiger charge is 2.37. The molecule has 0 aromatic heterocycles. The molecule has 0 bridgehead atoms. The molecule has 0 aliphatic carbocycles. The average molecular weight is 318 g/mol. The van der Waals surface area contributed by atoms with Crippen LogP contribution in [0.1, 0.15) is 42.5 Å². The van der Waals surface area contributed by atoms with E-state index in [1.807, 2.05) is 0 Å². The lowest BCUT2D eigenvalue weighted by atomic mass is 9.84. The summed E-state index contributed by atoms with van der Waals surface area (Å²) in [5.74, 6) is 1.57. The molecule has 2 saturated heterocycles. The molecule has 23 heavy (non-hydrogen) atoms. The molecule has 5 nitrogen and oxygen atoms in total. The maximum absolute atomic E-state index is 12.3. The third-order valence-corrected chi connectivity index (χ3v) is 5.47. The van der Waals surface area contributed by atoms with E-state index in [-0.39, 0.29) is 12.8 Å². The summed E-state index contributed by atoms with van der Waals surface area (Å²) in [5.41, 5.74) is 0.540. The van der Waals surface area contributed by atoms with Crippen LogP contribution >= 0.6 is 0 Å². The number of hydrogen-bond donors (Lipinski definition) is 1. The van der Waals surface area contributed by atoms with Gasteiger partial charge in [0.2, 0.25) is 6.79 Å². The molecule has 1 N–H and O–H groups in total. The molecular weight excluding hydrogens is 294 g/mol. The van der Waals surface area contributed by atoms with E-state index in [0.29, 0.717) is 35.6 Å². The fourth-order valence-electron chi connectivity index (χ4n) is 4.27. The molecule has 1 unspecified atom stereocenters. The molecule has 0 saturated carbocycles. The van der Waals surface area contributed by atoms with Gasteiger partial charge in [0.1, 0.15) is 6.61 Å². The maximum Gasteiger partial charge on any atom is 0.338 e. The number of nitrogens with one attached hydrogen (secondary N) is 1. The van der Waals surface area contributed by atoms with Gasteiger partial charge in [-0.2, -0.15) is 0 Å². The minimum Gasteiger partial charge on any atom is -0.462 e. The molecule has 1 aromatic carbocycles. The van der Waals surface area contributed by atoms with Crippen molar-refractivity contribution >= 4 is 5.97 Å². The second kappa shape index (κ2) is 6.40. The van der Waals surface area contributed by atoms with Crippen LogP contribution in [0.15, 0.2) is 18.2 Å². The number of fused-ring (bicyclic) bond motifs is 2. The minimum atomic E-state index is -0.258. The zero-order valence-corrected chi connectivity index (χ0v) is 13.4. The van der Waals surface area contributed by atoms with Crippen LogP contribution in [0, 0.1) is 5.92 Å². The lowest BCUT2D eigenvalue weighted by Gasteiger charge is -2.40. The fraction of sp³-hybridized carbons (Fsp3) is 0.611. The monoisotopic (exact) mass is 318 g/mol. The van der Waals surface area contributed by atoms with Gasteiger partial charge in [-0.1, -0.05) is 0 Å². The van der Waals surface area contributed by atoms with E-state index >= 15 is 0 Å². The van der Waals surface area contributed by atoms with Gasteiger partial charge in [-0.3, -0.25) is 0 Å². The molecule has 5 heteroatoms. The second-order valence-electron chi connectivity index (χ2n) is 6.83.